The summed E-state index contributed by atoms with van der Waals surface area (Å²) in [7, 11) is 0. The van der Waals surface area contributed by atoms with E-state index >= 15 is 0 Å². The van der Waals surface area contributed by atoms with Crippen molar-refractivity contribution in [1.29, 1.82) is 0 Å². The molecule has 5 nitrogen and oxygen atoms in total. The lowest BCUT2D eigenvalue weighted by Gasteiger charge is -2.22. The minimum atomic E-state index is -0.169. The van der Waals surface area contributed by atoms with Crippen LogP contribution in [0.2, 0.25) is 0 Å². The van der Waals surface area contributed by atoms with Crippen molar-refractivity contribution in [1.82, 2.24) is 9.97 Å². The maximum atomic E-state index is 12.1. The Morgan fingerprint density at radius 3 is 2.36 bits per heavy atom. The van der Waals surface area contributed by atoms with Gasteiger partial charge in [-0.05, 0) is 37.1 Å². The molecule has 0 unspecified atom stereocenters. The van der Waals surface area contributed by atoms with Crippen LogP contribution in [-0.4, -0.2) is 29.0 Å². The van der Waals surface area contributed by atoms with Crippen LogP contribution < -0.4 is 10.2 Å². The average Bonchev–Trinajstić information content (AvgIpc) is 2.86. The summed E-state index contributed by atoms with van der Waals surface area (Å²) in [5.41, 5.74) is 1.71. The molecule has 0 aromatic carbocycles. The number of hydrogen-bond donors (Lipinski definition) is 1. The van der Waals surface area contributed by atoms with E-state index in [0.29, 0.717) is 11.4 Å². The second-order valence-corrected chi connectivity index (χ2v) is 5.49. The lowest BCUT2D eigenvalue weighted by Crippen LogP contribution is -2.24. The molecule has 3 rings (SSSR count). The first-order valence-corrected chi connectivity index (χ1v) is 7.75. The van der Waals surface area contributed by atoms with E-state index in [1.807, 2.05) is 18.3 Å². The maximum Gasteiger partial charge on any atom is 0.256 e. The first kappa shape index (κ1) is 14.5. The van der Waals surface area contributed by atoms with Crippen molar-refractivity contribution in [2.75, 3.05) is 23.3 Å². The number of anilines is 2. The average molecular weight is 296 g/mol. The van der Waals surface area contributed by atoms with Crippen molar-refractivity contribution < 1.29 is 4.79 Å². The number of rotatable bonds is 3. The fourth-order valence-electron chi connectivity index (χ4n) is 2.67. The van der Waals surface area contributed by atoms with Gasteiger partial charge in [0.05, 0.1) is 11.9 Å². The zero-order chi connectivity index (χ0) is 15.2. The van der Waals surface area contributed by atoms with Gasteiger partial charge < -0.3 is 10.2 Å². The molecular weight excluding hydrogens is 276 g/mol. The highest BCUT2D eigenvalue weighted by atomic mass is 16.1. The Labute approximate surface area is 130 Å². The van der Waals surface area contributed by atoms with Crippen molar-refractivity contribution in [3.63, 3.8) is 0 Å². The molecule has 0 saturated carbocycles. The molecule has 0 radical (unpaired) electrons. The Balaban J connectivity index is 1.65. The Hall–Kier alpha value is -2.43. The highest BCUT2D eigenvalue weighted by molar-refractivity contribution is 6.03. The molecule has 0 aliphatic carbocycles. The highest BCUT2D eigenvalue weighted by Crippen LogP contribution is 2.20. The van der Waals surface area contributed by atoms with Crippen LogP contribution >= 0.6 is 0 Å². The molecule has 1 amide bonds. The van der Waals surface area contributed by atoms with Crippen LogP contribution in [0, 0.1) is 0 Å². The van der Waals surface area contributed by atoms with Crippen LogP contribution in [-0.2, 0) is 0 Å². The van der Waals surface area contributed by atoms with E-state index in [0.717, 1.165) is 18.8 Å². The van der Waals surface area contributed by atoms with E-state index in [1.165, 1.54) is 25.7 Å². The maximum absolute atomic E-state index is 12.1. The van der Waals surface area contributed by atoms with Crippen LogP contribution in [0.3, 0.4) is 0 Å². The quantitative estimate of drug-likeness (QED) is 0.945. The zero-order valence-corrected chi connectivity index (χ0v) is 12.5. The van der Waals surface area contributed by atoms with E-state index < -0.39 is 0 Å². The van der Waals surface area contributed by atoms with Crippen molar-refractivity contribution in [2.45, 2.75) is 25.7 Å². The topological polar surface area (TPSA) is 58.1 Å². The standard InChI is InChI=1S/C17H20N4O/c22-17(14-7-9-18-10-8-14)20-16-6-5-15(13-19-16)21-11-3-1-2-4-12-21/h5-10,13H,1-4,11-12H2,(H,19,20,22). The first-order chi connectivity index (χ1) is 10.8. The van der Waals surface area contributed by atoms with Crippen LogP contribution in [0.1, 0.15) is 36.0 Å². The molecule has 1 N–H and O–H groups in total. The lowest BCUT2D eigenvalue weighted by atomic mass is 10.2. The van der Waals surface area contributed by atoms with E-state index in [1.54, 1.807) is 24.5 Å². The number of hydrogen-bond acceptors (Lipinski definition) is 4. The van der Waals surface area contributed by atoms with Gasteiger partial charge in [0.1, 0.15) is 5.82 Å². The van der Waals surface area contributed by atoms with Crippen LogP contribution in [0.15, 0.2) is 42.9 Å². The normalized spacial score (nSPS) is 15.2. The second kappa shape index (κ2) is 7.02. The number of carbonyl (C=O) groups is 1. The van der Waals surface area contributed by atoms with Gasteiger partial charge in [0.2, 0.25) is 0 Å². The van der Waals surface area contributed by atoms with Crippen molar-refractivity contribution in [3.8, 4) is 0 Å². The molecule has 5 heteroatoms. The van der Waals surface area contributed by atoms with Gasteiger partial charge in [0, 0.05) is 31.0 Å². The third-order valence-electron chi connectivity index (χ3n) is 3.90. The molecule has 1 aliphatic rings. The van der Waals surface area contributed by atoms with Crippen LogP contribution in [0.4, 0.5) is 11.5 Å². The molecule has 2 aromatic rings. The minimum absolute atomic E-state index is 0.169. The zero-order valence-electron chi connectivity index (χ0n) is 12.5. The van der Waals surface area contributed by atoms with Gasteiger partial charge in [-0.3, -0.25) is 9.78 Å². The van der Waals surface area contributed by atoms with Gasteiger partial charge in [0.25, 0.3) is 5.91 Å². The van der Waals surface area contributed by atoms with Gasteiger partial charge in [-0.2, -0.15) is 0 Å². The summed E-state index contributed by atoms with van der Waals surface area (Å²) in [6.45, 7) is 2.18. The second-order valence-electron chi connectivity index (χ2n) is 5.49. The molecular formula is C17H20N4O. The third-order valence-corrected chi connectivity index (χ3v) is 3.90. The van der Waals surface area contributed by atoms with Gasteiger partial charge >= 0.3 is 0 Å². The molecule has 22 heavy (non-hydrogen) atoms. The fourth-order valence-corrected chi connectivity index (χ4v) is 2.67. The predicted molar refractivity (Wildman–Crippen MR) is 87.1 cm³/mol. The number of nitrogens with one attached hydrogen (secondary N) is 1. The van der Waals surface area contributed by atoms with Crippen LogP contribution in [0.25, 0.3) is 0 Å². The highest BCUT2D eigenvalue weighted by Gasteiger charge is 2.11. The number of nitrogens with zero attached hydrogens (tertiary/aromatic N) is 3. The Morgan fingerprint density at radius 2 is 1.73 bits per heavy atom. The summed E-state index contributed by atoms with van der Waals surface area (Å²) in [4.78, 5) is 22.7. The summed E-state index contributed by atoms with van der Waals surface area (Å²) in [5, 5.41) is 2.80. The van der Waals surface area contributed by atoms with E-state index in [4.69, 9.17) is 0 Å². The lowest BCUT2D eigenvalue weighted by molar-refractivity contribution is 0.102. The first-order valence-electron chi connectivity index (χ1n) is 7.75. The van der Waals surface area contributed by atoms with Crippen LogP contribution in [0.5, 0.6) is 0 Å². The Kier molecular flexibility index (Phi) is 4.63. The number of pyridine rings is 2. The van der Waals surface area contributed by atoms with Gasteiger partial charge in [-0.15, -0.1) is 0 Å². The molecule has 3 heterocycles. The Morgan fingerprint density at radius 1 is 1.00 bits per heavy atom. The summed E-state index contributed by atoms with van der Waals surface area (Å²) in [5.74, 6) is 0.401. The van der Waals surface area contributed by atoms with E-state index in [9.17, 15) is 4.79 Å². The summed E-state index contributed by atoms with van der Waals surface area (Å²) in [6.07, 6.45) is 10.1. The molecule has 0 spiro atoms. The largest absolute Gasteiger partial charge is 0.370 e. The van der Waals surface area contributed by atoms with Crippen molar-refractivity contribution in [2.24, 2.45) is 0 Å². The predicted octanol–water partition coefficient (Wildman–Crippen LogP) is 3.11. The van der Waals surface area contributed by atoms with Crippen molar-refractivity contribution >= 4 is 17.4 Å². The van der Waals surface area contributed by atoms with Gasteiger partial charge in [-0.1, -0.05) is 12.8 Å². The molecule has 114 valence electrons. The molecule has 0 bridgehead atoms. The minimum Gasteiger partial charge on any atom is -0.370 e. The van der Waals surface area contributed by atoms with Gasteiger partial charge in [-0.25, -0.2) is 4.98 Å². The SMILES string of the molecule is O=C(Nc1ccc(N2CCCCCC2)cn1)c1ccncc1. The van der Waals surface area contributed by atoms with Gasteiger partial charge in [0.15, 0.2) is 0 Å². The summed E-state index contributed by atoms with van der Waals surface area (Å²) < 4.78 is 0. The number of aromatic nitrogens is 2. The summed E-state index contributed by atoms with van der Waals surface area (Å²) in [6, 6.07) is 7.25. The molecule has 1 aliphatic heterocycles. The summed E-state index contributed by atoms with van der Waals surface area (Å²) >= 11 is 0. The smallest absolute Gasteiger partial charge is 0.256 e. The molecule has 2 aromatic heterocycles. The number of carbonyl (C=O) groups excluding carboxylic acids is 1. The van der Waals surface area contributed by atoms with E-state index in [-0.39, 0.29) is 5.91 Å². The third kappa shape index (κ3) is 3.61. The van der Waals surface area contributed by atoms with Crippen molar-refractivity contribution in [3.05, 3.63) is 48.4 Å². The van der Waals surface area contributed by atoms with E-state index in [2.05, 4.69) is 20.2 Å². The fraction of sp³-hybridized carbons (Fsp3) is 0.353. The molecule has 1 fully saturated rings. The molecule has 0 atom stereocenters. The number of amides is 1. The molecule has 1 saturated heterocycles. The monoisotopic (exact) mass is 296 g/mol. The Bertz CT molecular complexity index is 604.